The van der Waals surface area contributed by atoms with Gasteiger partial charge in [-0.3, -0.25) is 4.79 Å². The Morgan fingerprint density at radius 2 is 2.00 bits per heavy atom. The number of aromatic nitrogens is 1. The molecule has 1 N–H and O–H groups in total. The zero-order valence-electron chi connectivity index (χ0n) is 11.5. The fourth-order valence-corrected chi connectivity index (χ4v) is 2.46. The number of carbonyl (C=O) groups excluding carboxylic acids is 1. The van der Waals surface area contributed by atoms with E-state index in [1.807, 2.05) is 25.1 Å². The van der Waals surface area contributed by atoms with E-state index in [-0.39, 0.29) is 5.91 Å². The number of hydrogen-bond acceptors (Lipinski definition) is 1. The van der Waals surface area contributed by atoms with Gasteiger partial charge in [-0.2, -0.15) is 0 Å². The summed E-state index contributed by atoms with van der Waals surface area (Å²) >= 11 is 0. The van der Waals surface area contributed by atoms with E-state index in [1.54, 1.807) is 0 Å². The van der Waals surface area contributed by atoms with Gasteiger partial charge in [0, 0.05) is 35.2 Å². The molecule has 1 amide bonds. The Labute approximate surface area is 108 Å². The first-order chi connectivity index (χ1) is 8.60. The van der Waals surface area contributed by atoms with Crippen LogP contribution in [0.1, 0.15) is 35.5 Å². The number of carbonyl (C=O) groups is 1. The summed E-state index contributed by atoms with van der Waals surface area (Å²) in [5, 5.41) is 4.01. The molecule has 1 heterocycles. The van der Waals surface area contributed by atoms with Crippen molar-refractivity contribution < 1.29 is 4.79 Å². The van der Waals surface area contributed by atoms with Crippen molar-refractivity contribution in [1.29, 1.82) is 0 Å². The first-order valence-electron chi connectivity index (χ1n) is 6.47. The van der Waals surface area contributed by atoms with Crippen molar-refractivity contribution in [1.82, 2.24) is 9.88 Å². The third kappa shape index (κ3) is 1.90. The number of rotatable bonds is 3. The molecule has 96 valence electrons. The van der Waals surface area contributed by atoms with Crippen LogP contribution in [-0.2, 0) is 6.54 Å². The molecule has 3 heteroatoms. The highest BCUT2D eigenvalue weighted by Gasteiger charge is 2.12. The van der Waals surface area contributed by atoms with Crippen molar-refractivity contribution in [3.8, 4) is 0 Å². The molecule has 0 bridgehead atoms. The molecule has 0 saturated carbocycles. The maximum Gasteiger partial charge on any atom is 0.251 e. The summed E-state index contributed by atoms with van der Waals surface area (Å²) in [5.41, 5.74) is 4.49. The molecule has 1 aromatic carbocycles. The van der Waals surface area contributed by atoms with Gasteiger partial charge in [0.25, 0.3) is 5.91 Å². The third-order valence-corrected chi connectivity index (χ3v) is 3.55. The minimum atomic E-state index is 0.000650. The Morgan fingerprint density at radius 3 is 2.61 bits per heavy atom. The highest BCUT2D eigenvalue weighted by Crippen LogP contribution is 2.26. The quantitative estimate of drug-likeness (QED) is 0.884. The van der Waals surface area contributed by atoms with Crippen LogP contribution in [0.4, 0.5) is 0 Å². The van der Waals surface area contributed by atoms with Crippen LogP contribution in [0.25, 0.3) is 10.9 Å². The molecule has 1 aromatic heterocycles. The van der Waals surface area contributed by atoms with E-state index in [2.05, 4.69) is 30.7 Å². The summed E-state index contributed by atoms with van der Waals surface area (Å²) in [7, 11) is 0. The van der Waals surface area contributed by atoms with E-state index in [1.165, 1.54) is 22.2 Å². The van der Waals surface area contributed by atoms with Crippen LogP contribution in [0.3, 0.4) is 0 Å². The second-order valence-electron chi connectivity index (χ2n) is 4.55. The number of fused-ring (bicyclic) bond motifs is 1. The van der Waals surface area contributed by atoms with Crippen LogP contribution < -0.4 is 5.32 Å². The van der Waals surface area contributed by atoms with E-state index >= 15 is 0 Å². The average molecular weight is 244 g/mol. The lowest BCUT2D eigenvalue weighted by Crippen LogP contribution is -2.22. The van der Waals surface area contributed by atoms with Crippen molar-refractivity contribution in [2.45, 2.75) is 34.2 Å². The third-order valence-electron chi connectivity index (χ3n) is 3.55. The second-order valence-corrected chi connectivity index (χ2v) is 4.55. The Morgan fingerprint density at radius 1 is 1.28 bits per heavy atom. The molecule has 0 saturated heterocycles. The monoisotopic (exact) mass is 244 g/mol. The normalized spacial score (nSPS) is 10.9. The lowest BCUT2D eigenvalue weighted by Gasteiger charge is -2.05. The summed E-state index contributed by atoms with van der Waals surface area (Å²) in [6.07, 6.45) is 0. The molecule has 0 aliphatic rings. The maximum atomic E-state index is 11.8. The van der Waals surface area contributed by atoms with Crippen LogP contribution >= 0.6 is 0 Å². The first kappa shape index (κ1) is 12.7. The number of nitrogens with one attached hydrogen (secondary N) is 1. The van der Waals surface area contributed by atoms with E-state index < -0.39 is 0 Å². The van der Waals surface area contributed by atoms with Gasteiger partial charge in [0.05, 0.1) is 0 Å². The Kier molecular flexibility index (Phi) is 3.41. The van der Waals surface area contributed by atoms with Crippen molar-refractivity contribution >= 4 is 16.8 Å². The van der Waals surface area contributed by atoms with Crippen LogP contribution in [0.15, 0.2) is 18.2 Å². The van der Waals surface area contributed by atoms with Gasteiger partial charge in [0.1, 0.15) is 0 Å². The van der Waals surface area contributed by atoms with Gasteiger partial charge in [-0.25, -0.2) is 0 Å². The van der Waals surface area contributed by atoms with Gasteiger partial charge < -0.3 is 9.88 Å². The van der Waals surface area contributed by atoms with Crippen LogP contribution in [0, 0.1) is 13.8 Å². The Hall–Kier alpha value is -1.77. The molecule has 0 aliphatic carbocycles. The van der Waals surface area contributed by atoms with Gasteiger partial charge in [-0.05, 0) is 51.5 Å². The van der Waals surface area contributed by atoms with Gasteiger partial charge >= 0.3 is 0 Å². The lowest BCUT2D eigenvalue weighted by atomic mass is 10.1. The zero-order chi connectivity index (χ0) is 13.3. The molecule has 3 nitrogen and oxygen atoms in total. The van der Waals surface area contributed by atoms with Crippen LogP contribution in [-0.4, -0.2) is 17.0 Å². The van der Waals surface area contributed by atoms with Gasteiger partial charge in [0.15, 0.2) is 0 Å². The molecule has 2 aromatic rings. The number of hydrogen-bond donors (Lipinski definition) is 1. The molecule has 0 spiro atoms. The molecular formula is C15H20N2O. The summed E-state index contributed by atoms with van der Waals surface area (Å²) in [4.78, 5) is 11.8. The number of benzene rings is 1. The maximum absolute atomic E-state index is 11.8. The van der Waals surface area contributed by atoms with Crippen molar-refractivity contribution in [2.24, 2.45) is 0 Å². The number of amides is 1. The molecule has 0 aliphatic heterocycles. The Bertz CT molecular complexity index is 596. The van der Waals surface area contributed by atoms with Gasteiger partial charge in [-0.1, -0.05) is 0 Å². The zero-order valence-corrected chi connectivity index (χ0v) is 11.5. The largest absolute Gasteiger partial charge is 0.352 e. The molecule has 0 unspecified atom stereocenters. The predicted octanol–water partition coefficient (Wildman–Crippen LogP) is 3.03. The van der Waals surface area contributed by atoms with Crippen molar-refractivity contribution in [3.05, 3.63) is 35.0 Å². The summed E-state index contributed by atoms with van der Waals surface area (Å²) < 4.78 is 2.28. The van der Waals surface area contributed by atoms with Crippen molar-refractivity contribution in [2.75, 3.05) is 6.54 Å². The minimum absolute atomic E-state index is 0.000650. The molecule has 0 radical (unpaired) electrons. The molecule has 0 atom stereocenters. The second kappa shape index (κ2) is 4.84. The first-order valence-corrected chi connectivity index (χ1v) is 6.47. The van der Waals surface area contributed by atoms with E-state index in [9.17, 15) is 4.79 Å². The number of nitrogens with zero attached hydrogens (tertiary/aromatic N) is 1. The van der Waals surface area contributed by atoms with Gasteiger partial charge in [0.2, 0.25) is 0 Å². The topological polar surface area (TPSA) is 34.0 Å². The summed E-state index contributed by atoms with van der Waals surface area (Å²) in [5.74, 6) is 0.000650. The number of aryl methyl sites for hydroxylation is 2. The highest BCUT2D eigenvalue weighted by molar-refractivity contribution is 5.99. The Balaban J connectivity index is 2.59. The van der Waals surface area contributed by atoms with Crippen LogP contribution in [0.2, 0.25) is 0 Å². The molecule has 18 heavy (non-hydrogen) atoms. The average Bonchev–Trinajstić information content (AvgIpc) is 2.62. The van der Waals surface area contributed by atoms with E-state index in [4.69, 9.17) is 0 Å². The fourth-order valence-electron chi connectivity index (χ4n) is 2.46. The smallest absolute Gasteiger partial charge is 0.251 e. The minimum Gasteiger partial charge on any atom is -0.352 e. The van der Waals surface area contributed by atoms with E-state index in [0.29, 0.717) is 6.54 Å². The van der Waals surface area contributed by atoms with Crippen LogP contribution in [0.5, 0.6) is 0 Å². The standard InChI is InChI=1S/C15H20N2O/c1-5-16-15(18)12-7-8-14-13(9-12)10(3)11(4)17(14)6-2/h7-9H,5-6H2,1-4H3,(H,16,18). The van der Waals surface area contributed by atoms with E-state index in [0.717, 1.165) is 12.1 Å². The summed E-state index contributed by atoms with van der Waals surface area (Å²) in [6, 6.07) is 5.94. The molecule has 2 rings (SSSR count). The molecule has 0 fully saturated rings. The fraction of sp³-hybridized carbons (Fsp3) is 0.400. The van der Waals surface area contributed by atoms with Crippen molar-refractivity contribution in [3.63, 3.8) is 0 Å². The molecular weight excluding hydrogens is 224 g/mol. The predicted molar refractivity (Wildman–Crippen MR) is 75.1 cm³/mol. The highest BCUT2D eigenvalue weighted by atomic mass is 16.1. The SMILES string of the molecule is CCNC(=O)c1ccc2c(c1)c(C)c(C)n2CC. The lowest BCUT2D eigenvalue weighted by molar-refractivity contribution is 0.0956. The van der Waals surface area contributed by atoms with Gasteiger partial charge in [-0.15, -0.1) is 0 Å². The summed E-state index contributed by atoms with van der Waals surface area (Å²) in [6.45, 7) is 9.93.